The first-order chi connectivity index (χ1) is 16.4. The van der Waals surface area contributed by atoms with Crippen molar-refractivity contribution in [3.8, 4) is 0 Å². The molecule has 35 heavy (non-hydrogen) atoms. The second kappa shape index (κ2) is 14.2. The summed E-state index contributed by atoms with van der Waals surface area (Å²) in [6.45, 7) is -0.720. The maximum atomic E-state index is 12.9. The number of nitrogens with one attached hydrogen (secondary N) is 2. The molecule has 1 rings (SSSR count). The summed E-state index contributed by atoms with van der Waals surface area (Å²) in [4.78, 5) is 70.6. The predicted octanol–water partition coefficient (Wildman–Crippen LogP) is -0.692. The minimum absolute atomic E-state index is 0.00637. The number of ether oxygens (including phenoxy) is 1. The molecule has 0 aliphatic rings. The summed E-state index contributed by atoms with van der Waals surface area (Å²) in [5.74, 6) is -7.12. The van der Waals surface area contributed by atoms with Gasteiger partial charge in [0.25, 0.3) is 5.91 Å². The SMILES string of the molecule is CN(C(=O)C(CC(=O)O)NC(=O)COCCNC(=O)c1ccc(F)cc1)C(CCC(=O)O)C(=O)O. The lowest BCUT2D eigenvalue weighted by Crippen LogP contribution is -2.53. The second-order valence-corrected chi connectivity index (χ2v) is 7.27. The van der Waals surface area contributed by atoms with Gasteiger partial charge in [-0.3, -0.25) is 24.0 Å². The third kappa shape index (κ3) is 10.6. The fourth-order valence-electron chi connectivity index (χ4n) is 2.86. The monoisotopic (exact) mass is 499 g/mol. The van der Waals surface area contributed by atoms with E-state index in [1.165, 1.54) is 12.1 Å². The molecule has 0 spiro atoms. The van der Waals surface area contributed by atoms with E-state index in [0.717, 1.165) is 19.2 Å². The van der Waals surface area contributed by atoms with Crippen LogP contribution < -0.4 is 10.6 Å². The summed E-state index contributed by atoms with van der Waals surface area (Å²) in [7, 11) is 1.06. The molecule has 0 aliphatic heterocycles. The molecule has 3 amide bonds. The minimum Gasteiger partial charge on any atom is -0.481 e. The molecule has 0 saturated carbocycles. The van der Waals surface area contributed by atoms with Gasteiger partial charge in [-0.2, -0.15) is 0 Å². The predicted molar refractivity (Wildman–Crippen MR) is 115 cm³/mol. The zero-order chi connectivity index (χ0) is 26.5. The zero-order valence-corrected chi connectivity index (χ0v) is 18.7. The lowest BCUT2D eigenvalue weighted by Gasteiger charge is -2.28. The van der Waals surface area contributed by atoms with Gasteiger partial charge >= 0.3 is 17.9 Å². The highest BCUT2D eigenvalue weighted by Gasteiger charge is 2.33. The molecule has 0 aromatic heterocycles. The first-order valence-corrected chi connectivity index (χ1v) is 10.3. The van der Waals surface area contributed by atoms with Crippen molar-refractivity contribution in [1.29, 1.82) is 0 Å². The summed E-state index contributed by atoms with van der Waals surface area (Å²) < 4.78 is 18.0. The number of likely N-dealkylation sites (N-methyl/N-ethyl adjacent to an activating group) is 1. The van der Waals surface area contributed by atoms with Crippen LogP contribution in [0.2, 0.25) is 0 Å². The molecule has 1 aromatic carbocycles. The maximum absolute atomic E-state index is 12.9. The van der Waals surface area contributed by atoms with Crippen molar-refractivity contribution in [1.82, 2.24) is 15.5 Å². The summed E-state index contributed by atoms with van der Waals surface area (Å²) in [6, 6.07) is 1.63. The number of nitrogens with zero attached hydrogens (tertiary/aromatic N) is 1. The largest absolute Gasteiger partial charge is 0.481 e. The molecule has 1 aromatic rings. The first-order valence-electron chi connectivity index (χ1n) is 10.3. The Bertz CT molecular complexity index is 938. The Labute approximate surface area is 198 Å². The Morgan fingerprint density at radius 3 is 2.20 bits per heavy atom. The molecule has 0 bridgehead atoms. The normalized spacial score (nSPS) is 12.2. The summed E-state index contributed by atoms with van der Waals surface area (Å²) >= 11 is 0. The molecule has 0 fully saturated rings. The Balaban J connectivity index is 2.58. The third-order valence-electron chi connectivity index (χ3n) is 4.62. The van der Waals surface area contributed by atoms with Gasteiger partial charge < -0.3 is 35.6 Å². The van der Waals surface area contributed by atoms with Crippen LogP contribution in [0.1, 0.15) is 29.6 Å². The van der Waals surface area contributed by atoms with Crippen LogP contribution >= 0.6 is 0 Å². The molecule has 2 atom stereocenters. The van der Waals surface area contributed by atoms with Crippen molar-refractivity contribution in [2.24, 2.45) is 0 Å². The Kier molecular flexibility index (Phi) is 11.8. The zero-order valence-electron chi connectivity index (χ0n) is 18.7. The van der Waals surface area contributed by atoms with Gasteiger partial charge in [0.1, 0.15) is 24.5 Å². The molecule has 14 heteroatoms. The van der Waals surface area contributed by atoms with Gasteiger partial charge in [0.2, 0.25) is 11.8 Å². The fraction of sp³-hybridized carbons (Fsp3) is 0.429. The van der Waals surface area contributed by atoms with E-state index in [4.69, 9.17) is 14.9 Å². The first kappa shape index (κ1) is 29.0. The number of carbonyl (C=O) groups excluding carboxylic acids is 3. The van der Waals surface area contributed by atoms with E-state index in [0.29, 0.717) is 4.90 Å². The summed E-state index contributed by atoms with van der Waals surface area (Å²) in [5.41, 5.74) is 0.214. The van der Waals surface area contributed by atoms with E-state index in [1.807, 2.05) is 0 Å². The van der Waals surface area contributed by atoms with Gasteiger partial charge in [-0.05, 0) is 30.7 Å². The lowest BCUT2D eigenvalue weighted by molar-refractivity contribution is -0.152. The number of carboxylic acids is 3. The average Bonchev–Trinajstić information content (AvgIpc) is 2.77. The lowest BCUT2D eigenvalue weighted by atomic mass is 10.1. The van der Waals surface area contributed by atoms with Crippen molar-refractivity contribution in [3.05, 3.63) is 35.6 Å². The van der Waals surface area contributed by atoms with E-state index in [2.05, 4.69) is 10.6 Å². The Hall–Kier alpha value is -4.07. The van der Waals surface area contributed by atoms with E-state index in [9.17, 15) is 38.3 Å². The number of carboxylic acid groups (broad SMARTS) is 3. The molecule has 0 aliphatic carbocycles. The van der Waals surface area contributed by atoms with Crippen LogP contribution in [-0.4, -0.2) is 94.7 Å². The van der Waals surface area contributed by atoms with Crippen molar-refractivity contribution in [2.45, 2.75) is 31.3 Å². The van der Waals surface area contributed by atoms with Gasteiger partial charge in [-0.25, -0.2) is 9.18 Å². The molecular formula is C21H26FN3O10. The molecule has 5 N–H and O–H groups in total. The van der Waals surface area contributed by atoms with Crippen LogP contribution in [0.3, 0.4) is 0 Å². The van der Waals surface area contributed by atoms with Gasteiger partial charge in [-0.15, -0.1) is 0 Å². The van der Waals surface area contributed by atoms with Crippen LogP contribution in [0.15, 0.2) is 24.3 Å². The molecule has 0 saturated heterocycles. The molecule has 192 valence electrons. The minimum atomic E-state index is -1.63. The number of hydrogen-bond acceptors (Lipinski definition) is 7. The molecule has 0 radical (unpaired) electrons. The number of amides is 3. The quantitative estimate of drug-likeness (QED) is 0.192. The summed E-state index contributed by atoms with van der Waals surface area (Å²) in [6.07, 6.45) is -1.82. The van der Waals surface area contributed by atoms with Crippen molar-refractivity contribution < 1.29 is 53.2 Å². The van der Waals surface area contributed by atoms with E-state index < -0.39 is 79.4 Å². The fourth-order valence-corrected chi connectivity index (χ4v) is 2.86. The number of benzene rings is 1. The van der Waals surface area contributed by atoms with E-state index in [1.54, 1.807) is 0 Å². The Morgan fingerprint density at radius 1 is 1.03 bits per heavy atom. The van der Waals surface area contributed by atoms with Gasteiger partial charge in [-0.1, -0.05) is 0 Å². The highest BCUT2D eigenvalue weighted by Crippen LogP contribution is 2.10. The van der Waals surface area contributed by atoms with Crippen molar-refractivity contribution >= 4 is 35.6 Å². The second-order valence-electron chi connectivity index (χ2n) is 7.27. The standard InChI is InChI=1S/C21H26FN3O10/c1-25(15(21(33)34)6-7-17(27)28)20(32)14(10-18(29)30)24-16(26)11-35-9-8-23-19(31)12-2-4-13(22)5-3-12/h2-5,14-15H,6-11H2,1H3,(H,23,31)(H,24,26)(H,27,28)(H,29,30)(H,33,34). The number of hydrogen-bond donors (Lipinski definition) is 5. The average molecular weight is 499 g/mol. The van der Waals surface area contributed by atoms with Gasteiger partial charge in [0.05, 0.1) is 13.0 Å². The third-order valence-corrected chi connectivity index (χ3v) is 4.62. The number of halogens is 1. The van der Waals surface area contributed by atoms with Crippen LogP contribution in [0.4, 0.5) is 4.39 Å². The van der Waals surface area contributed by atoms with Gasteiger partial charge in [0.15, 0.2) is 0 Å². The van der Waals surface area contributed by atoms with E-state index >= 15 is 0 Å². The Morgan fingerprint density at radius 2 is 1.66 bits per heavy atom. The van der Waals surface area contributed by atoms with Crippen molar-refractivity contribution in [2.75, 3.05) is 26.8 Å². The molecular weight excluding hydrogens is 473 g/mol. The summed E-state index contributed by atoms with van der Waals surface area (Å²) in [5, 5.41) is 31.7. The molecule has 0 heterocycles. The molecule has 2 unspecified atom stereocenters. The van der Waals surface area contributed by atoms with Crippen LogP contribution in [0, 0.1) is 5.82 Å². The molecule has 13 nitrogen and oxygen atoms in total. The highest BCUT2D eigenvalue weighted by atomic mass is 19.1. The van der Waals surface area contributed by atoms with Gasteiger partial charge in [0, 0.05) is 25.6 Å². The van der Waals surface area contributed by atoms with Crippen LogP contribution in [0.25, 0.3) is 0 Å². The highest BCUT2D eigenvalue weighted by molar-refractivity contribution is 5.94. The van der Waals surface area contributed by atoms with Crippen LogP contribution in [-0.2, 0) is 28.7 Å². The van der Waals surface area contributed by atoms with Crippen LogP contribution in [0.5, 0.6) is 0 Å². The topological polar surface area (TPSA) is 200 Å². The van der Waals surface area contributed by atoms with E-state index in [-0.39, 0.29) is 18.7 Å². The maximum Gasteiger partial charge on any atom is 0.326 e. The number of aliphatic carboxylic acids is 3. The smallest absolute Gasteiger partial charge is 0.326 e. The number of rotatable bonds is 15. The van der Waals surface area contributed by atoms with Crippen molar-refractivity contribution in [3.63, 3.8) is 0 Å². The number of carbonyl (C=O) groups is 6.